The number of likely N-dealkylation sites (tertiary alicyclic amines) is 1. The number of hydrogen-bond donors (Lipinski definition) is 0. The summed E-state index contributed by atoms with van der Waals surface area (Å²) in [6.07, 6.45) is 2.13. The van der Waals surface area contributed by atoms with Gasteiger partial charge in [-0.1, -0.05) is 0 Å². The molecule has 0 spiro atoms. The lowest BCUT2D eigenvalue weighted by Gasteiger charge is -2.28. The van der Waals surface area contributed by atoms with Gasteiger partial charge in [0.2, 0.25) is 0 Å². The number of aromatic nitrogens is 1. The van der Waals surface area contributed by atoms with E-state index in [1.54, 1.807) is 23.2 Å². The van der Waals surface area contributed by atoms with Crippen LogP contribution in [0, 0.1) is 0 Å². The van der Waals surface area contributed by atoms with E-state index < -0.39 is 6.09 Å². The van der Waals surface area contributed by atoms with Crippen LogP contribution in [0.5, 0.6) is 5.75 Å². The lowest BCUT2D eigenvalue weighted by Crippen LogP contribution is -2.42. The first kappa shape index (κ1) is 10.2. The van der Waals surface area contributed by atoms with Gasteiger partial charge in [-0.2, -0.15) is 0 Å². The van der Waals surface area contributed by atoms with Crippen LogP contribution in [0.25, 0.3) is 0 Å². The minimum atomic E-state index is -0.450. The molecule has 1 aliphatic heterocycles. The highest BCUT2D eigenvalue weighted by atomic mass is 79.9. The molecular formula is C9H9BrN2O3. The maximum Gasteiger partial charge on any atom is 0.452 e. The summed E-state index contributed by atoms with van der Waals surface area (Å²) in [5, 5.41) is 0. The zero-order chi connectivity index (χ0) is 10.7. The smallest absolute Gasteiger partial charge is 0.305 e. The van der Waals surface area contributed by atoms with Crippen LogP contribution in [-0.4, -0.2) is 29.1 Å². The van der Waals surface area contributed by atoms with Gasteiger partial charge in [0.25, 0.3) is 0 Å². The topological polar surface area (TPSA) is 51.7 Å². The molecule has 6 heteroatoms. The normalized spacial score (nSPS) is 14.3. The fourth-order valence-electron chi connectivity index (χ4n) is 1.07. The highest BCUT2D eigenvalue weighted by Crippen LogP contribution is 2.16. The molecule has 0 N–H and O–H groups in total. The molecule has 15 heavy (non-hydrogen) atoms. The fraction of sp³-hybridized carbons (Fsp3) is 0.333. The molecule has 2 rings (SSSR count). The number of halogens is 1. The van der Waals surface area contributed by atoms with E-state index in [1.807, 2.05) is 0 Å². The molecule has 5 nitrogen and oxygen atoms in total. The second-order valence-corrected chi connectivity index (χ2v) is 3.90. The Morgan fingerprint density at radius 1 is 1.53 bits per heavy atom. The van der Waals surface area contributed by atoms with Crippen molar-refractivity contribution in [3.8, 4) is 5.75 Å². The van der Waals surface area contributed by atoms with Gasteiger partial charge >= 0.3 is 6.09 Å². The van der Waals surface area contributed by atoms with Crippen molar-refractivity contribution in [2.75, 3.05) is 13.1 Å². The molecule has 1 saturated heterocycles. The Bertz CT molecular complexity index is 368. The Morgan fingerprint density at radius 2 is 2.33 bits per heavy atom. The van der Waals surface area contributed by atoms with Gasteiger partial charge in [-0.25, -0.2) is 14.7 Å². The van der Waals surface area contributed by atoms with Gasteiger partial charge in [-0.15, -0.1) is 0 Å². The molecule has 1 aromatic rings. The molecule has 0 unspecified atom stereocenters. The summed E-state index contributed by atoms with van der Waals surface area (Å²) in [5.41, 5.74) is 0. The van der Waals surface area contributed by atoms with Crippen LogP contribution in [0.15, 0.2) is 22.9 Å². The molecule has 80 valence electrons. The minimum Gasteiger partial charge on any atom is -0.305 e. The molecule has 0 atom stereocenters. The lowest BCUT2D eigenvalue weighted by molar-refractivity contribution is -0.157. The molecule has 0 saturated carbocycles. The zero-order valence-electron chi connectivity index (χ0n) is 7.85. The quantitative estimate of drug-likeness (QED) is 0.469. The summed E-state index contributed by atoms with van der Waals surface area (Å²) < 4.78 is 0.625. The number of rotatable bonds is 2. The van der Waals surface area contributed by atoms with Crippen molar-refractivity contribution < 1.29 is 14.6 Å². The first-order chi connectivity index (χ1) is 7.25. The van der Waals surface area contributed by atoms with E-state index in [-0.39, 0.29) is 0 Å². The van der Waals surface area contributed by atoms with Crippen molar-refractivity contribution in [1.29, 1.82) is 0 Å². The third kappa shape index (κ3) is 2.59. The number of amides is 1. The lowest BCUT2D eigenvalue weighted by atomic mass is 10.2. The number of carbonyl (C=O) groups excluding carboxylic acids is 1. The molecule has 1 fully saturated rings. The molecule has 0 aliphatic carbocycles. The van der Waals surface area contributed by atoms with Gasteiger partial charge in [0.15, 0.2) is 5.75 Å². The van der Waals surface area contributed by atoms with Crippen molar-refractivity contribution in [1.82, 2.24) is 9.88 Å². The van der Waals surface area contributed by atoms with E-state index in [2.05, 4.69) is 25.8 Å². The average molecular weight is 273 g/mol. The molecule has 0 bridgehead atoms. The zero-order valence-corrected chi connectivity index (χ0v) is 9.44. The number of hydrogen-bond acceptors (Lipinski definition) is 4. The van der Waals surface area contributed by atoms with Crippen molar-refractivity contribution in [3.63, 3.8) is 0 Å². The predicted molar refractivity (Wildman–Crippen MR) is 55.2 cm³/mol. The third-order valence-corrected chi connectivity index (χ3v) is 2.46. The first-order valence-electron chi connectivity index (χ1n) is 4.51. The van der Waals surface area contributed by atoms with E-state index in [9.17, 15) is 4.79 Å². The van der Waals surface area contributed by atoms with Crippen LogP contribution >= 0.6 is 15.9 Å². The van der Waals surface area contributed by atoms with Crippen LogP contribution < -0.4 is 4.89 Å². The van der Waals surface area contributed by atoms with E-state index in [1.165, 1.54) is 0 Å². The summed E-state index contributed by atoms with van der Waals surface area (Å²) in [4.78, 5) is 26.2. The summed E-state index contributed by atoms with van der Waals surface area (Å²) in [7, 11) is 0. The van der Waals surface area contributed by atoms with E-state index >= 15 is 0 Å². The van der Waals surface area contributed by atoms with Crippen LogP contribution in [0.3, 0.4) is 0 Å². The van der Waals surface area contributed by atoms with Crippen LogP contribution in [0.4, 0.5) is 4.79 Å². The van der Waals surface area contributed by atoms with Crippen molar-refractivity contribution in [2.45, 2.75) is 6.42 Å². The van der Waals surface area contributed by atoms with Crippen LogP contribution in [0.2, 0.25) is 0 Å². The van der Waals surface area contributed by atoms with Gasteiger partial charge in [0.1, 0.15) is 4.60 Å². The first-order valence-corrected chi connectivity index (χ1v) is 5.30. The molecule has 2 heterocycles. The fourth-order valence-corrected chi connectivity index (χ4v) is 1.42. The SMILES string of the molecule is O=C(OOc1ccnc(Br)c1)N1CCC1. The molecule has 1 aliphatic rings. The van der Waals surface area contributed by atoms with Crippen LogP contribution in [-0.2, 0) is 4.89 Å². The summed E-state index contributed by atoms with van der Waals surface area (Å²) in [6, 6.07) is 3.22. The highest BCUT2D eigenvalue weighted by Gasteiger charge is 2.22. The number of nitrogens with zero attached hydrogens (tertiary/aromatic N) is 2. The number of pyridine rings is 1. The average Bonchev–Trinajstić information content (AvgIpc) is 2.12. The maximum atomic E-state index is 11.2. The van der Waals surface area contributed by atoms with Gasteiger partial charge < -0.3 is 4.90 Å². The Balaban J connectivity index is 1.84. The van der Waals surface area contributed by atoms with Gasteiger partial charge in [-0.05, 0) is 22.4 Å². The van der Waals surface area contributed by atoms with Gasteiger partial charge in [-0.3, -0.25) is 4.89 Å². The summed E-state index contributed by atoms with van der Waals surface area (Å²) in [6.45, 7) is 1.48. The largest absolute Gasteiger partial charge is 0.452 e. The summed E-state index contributed by atoms with van der Waals surface area (Å²) >= 11 is 3.18. The predicted octanol–water partition coefficient (Wildman–Crippen LogP) is 1.98. The van der Waals surface area contributed by atoms with Crippen molar-refractivity contribution in [2.24, 2.45) is 0 Å². The molecule has 0 radical (unpaired) electrons. The van der Waals surface area contributed by atoms with Crippen LogP contribution in [0.1, 0.15) is 6.42 Å². The van der Waals surface area contributed by atoms with Crippen molar-refractivity contribution >= 4 is 22.0 Å². The maximum absolute atomic E-state index is 11.2. The van der Waals surface area contributed by atoms with Gasteiger partial charge in [0.05, 0.1) is 0 Å². The van der Waals surface area contributed by atoms with Crippen molar-refractivity contribution in [3.05, 3.63) is 22.9 Å². The Kier molecular flexibility index (Phi) is 3.05. The second-order valence-electron chi connectivity index (χ2n) is 3.09. The van der Waals surface area contributed by atoms with E-state index in [0.717, 1.165) is 19.5 Å². The number of carbonyl (C=O) groups is 1. The second kappa shape index (κ2) is 4.48. The van der Waals surface area contributed by atoms with E-state index in [0.29, 0.717) is 10.4 Å². The summed E-state index contributed by atoms with van der Waals surface area (Å²) in [5.74, 6) is 0.436. The Morgan fingerprint density at radius 3 is 2.93 bits per heavy atom. The molecule has 1 aromatic heterocycles. The molecule has 1 amide bonds. The molecule has 0 aromatic carbocycles. The monoisotopic (exact) mass is 272 g/mol. The van der Waals surface area contributed by atoms with E-state index in [4.69, 9.17) is 4.89 Å². The standard InChI is InChI=1S/C9H9BrN2O3/c10-8-6-7(2-3-11-8)14-15-9(13)12-4-1-5-12/h2-3,6H,1,4-5H2. The highest BCUT2D eigenvalue weighted by molar-refractivity contribution is 9.10. The van der Waals surface area contributed by atoms with Gasteiger partial charge in [0, 0.05) is 31.4 Å². The molecular weight excluding hydrogens is 264 g/mol. The Labute approximate surface area is 95.1 Å². The Hall–Kier alpha value is -1.30. The minimum absolute atomic E-state index is 0.436. The third-order valence-electron chi connectivity index (χ3n) is 2.02.